The van der Waals surface area contributed by atoms with E-state index in [0.717, 1.165) is 25.1 Å². The van der Waals surface area contributed by atoms with Crippen LogP contribution < -0.4 is 5.32 Å². The van der Waals surface area contributed by atoms with Gasteiger partial charge in [-0.05, 0) is 40.5 Å². The molecule has 1 fully saturated rings. The van der Waals surface area contributed by atoms with E-state index in [1.54, 1.807) is 4.68 Å². The Morgan fingerprint density at radius 3 is 2.75 bits per heavy atom. The maximum atomic E-state index is 12.2. The number of hydrogen-bond acceptors (Lipinski definition) is 4. The second-order valence-electron chi connectivity index (χ2n) is 6.42. The Morgan fingerprint density at radius 1 is 1.50 bits per heavy atom. The molecule has 1 amide bonds. The van der Waals surface area contributed by atoms with Crippen LogP contribution in [0, 0.1) is 0 Å². The highest BCUT2D eigenvalue weighted by atomic mass is 16.2. The molecule has 20 heavy (non-hydrogen) atoms. The van der Waals surface area contributed by atoms with Crippen molar-refractivity contribution in [3.8, 4) is 0 Å². The van der Waals surface area contributed by atoms with Crippen molar-refractivity contribution in [2.75, 3.05) is 6.54 Å². The maximum Gasteiger partial charge on any atom is 0.244 e. The van der Waals surface area contributed by atoms with Gasteiger partial charge in [0, 0.05) is 24.7 Å². The second-order valence-corrected chi connectivity index (χ2v) is 6.42. The zero-order valence-corrected chi connectivity index (χ0v) is 12.9. The first kappa shape index (κ1) is 15.0. The highest BCUT2D eigenvalue weighted by Gasteiger charge is 2.31. The van der Waals surface area contributed by atoms with Crippen molar-refractivity contribution < 1.29 is 4.79 Å². The van der Waals surface area contributed by atoms with Gasteiger partial charge < -0.3 is 10.2 Å². The van der Waals surface area contributed by atoms with E-state index in [1.165, 1.54) is 0 Å². The number of aromatic nitrogens is 3. The van der Waals surface area contributed by atoms with Crippen molar-refractivity contribution in [3.63, 3.8) is 0 Å². The number of carbonyl (C=O) groups is 1. The van der Waals surface area contributed by atoms with Crippen LogP contribution in [0.4, 0.5) is 0 Å². The van der Waals surface area contributed by atoms with Crippen LogP contribution >= 0.6 is 0 Å². The molecule has 0 bridgehead atoms. The second kappa shape index (κ2) is 5.91. The fourth-order valence-electron chi connectivity index (χ4n) is 2.11. The molecule has 112 valence electrons. The Bertz CT molecular complexity index is 458. The summed E-state index contributed by atoms with van der Waals surface area (Å²) < 4.78 is 1.63. The normalized spacial score (nSPS) is 15.4. The molecule has 1 aliphatic rings. The van der Waals surface area contributed by atoms with Crippen molar-refractivity contribution >= 4 is 5.91 Å². The zero-order valence-electron chi connectivity index (χ0n) is 12.9. The summed E-state index contributed by atoms with van der Waals surface area (Å²) in [4.78, 5) is 14.1. The lowest BCUT2D eigenvalue weighted by Gasteiger charge is -2.20. The van der Waals surface area contributed by atoms with Crippen LogP contribution in [-0.2, 0) is 17.9 Å². The molecule has 0 radical (unpaired) electrons. The summed E-state index contributed by atoms with van der Waals surface area (Å²) in [6, 6.07) is 0.457. The Labute approximate surface area is 120 Å². The molecule has 1 N–H and O–H groups in total. The zero-order chi connectivity index (χ0) is 14.8. The molecule has 6 heteroatoms. The Hall–Kier alpha value is -1.43. The van der Waals surface area contributed by atoms with E-state index in [0.29, 0.717) is 12.6 Å². The summed E-state index contributed by atoms with van der Waals surface area (Å²) in [5, 5.41) is 11.5. The first-order valence-corrected chi connectivity index (χ1v) is 7.32. The number of nitrogens with zero attached hydrogens (tertiary/aromatic N) is 4. The first-order chi connectivity index (χ1) is 9.39. The average molecular weight is 279 g/mol. The van der Waals surface area contributed by atoms with Crippen LogP contribution in [0.5, 0.6) is 0 Å². The summed E-state index contributed by atoms with van der Waals surface area (Å²) in [5.41, 5.74) is 0.909. The molecular weight excluding hydrogens is 254 g/mol. The summed E-state index contributed by atoms with van der Waals surface area (Å²) in [7, 11) is 0. The van der Waals surface area contributed by atoms with Gasteiger partial charge >= 0.3 is 0 Å². The van der Waals surface area contributed by atoms with Gasteiger partial charge in [-0.2, -0.15) is 0 Å². The molecule has 0 aliphatic heterocycles. The fourth-order valence-corrected chi connectivity index (χ4v) is 2.11. The minimum Gasteiger partial charge on any atom is -0.338 e. The van der Waals surface area contributed by atoms with Gasteiger partial charge in [-0.1, -0.05) is 5.21 Å². The van der Waals surface area contributed by atoms with Crippen LogP contribution in [0.3, 0.4) is 0 Å². The molecule has 0 spiro atoms. The van der Waals surface area contributed by atoms with E-state index in [-0.39, 0.29) is 18.0 Å². The van der Waals surface area contributed by atoms with Gasteiger partial charge in [0.15, 0.2) is 0 Å². The Kier molecular flexibility index (Phi) is 4.42. The van der Waals surface area contributed by atoms with Crippen molar-refractivity contribution in [3.05, 3.63) is 11.9 Å². The Morgan fingerprint density at radius 2 is 2.20 bits per heavy atom. The fraction of sp³-hybridized carbons (Fsp3) is 0.786. The predicted molar refractivity (Wildman–Crippen MR) is 77.0 cm³/mol. The molecular formula is C14H25N5O. The van der Waals surface area contributed by atoms with Gasteiger partial charge in [-0.15, -0.1) is 5.10 Å². The van der Waals surface area contributed by atoms with Crippen LogP contribution in [0.1, 0.15) is 46.2 Å². The van der Waals surface area contributed by atoms with E-state index in [9.17, 15) is 4.79 Å². The highest BCUT2D eigenvalue weighted by Crippen LogP contribution is 2.26. The number of likely N-dealkylation sites (N-methyl/N-ethyl adjacent to an activating group) is 1. The summed E-state index contributed by atoms with van der Waals surface area (Å²) in [6.45, 7) is 10.1. The van der Waals surface area contributed by atoms with E-state index in [1.807, 2.05) is 18.0 Å². The van der Waals surface area contributed by atoms with Crippen molar-refractivity contribution in [1.82, 2.24) is 25.2 Å². The number of hydrogen-bond donors (Lipinski definition) is 1. The van der Waals surface area contributed by atoms with Crippen molar-refractivity contribution in [2.24, 2.45) is 0 Å². The van der Waals surface area contributed by atoms with Crippen LogP contribution in [0.2, 0.25) is 0 Å². The summed E-state index contributed by atoms with van der Waals surface area (Å²) >= 11 is 0. The van der Waals surface area contributed by atoms with Gasteiger partial charge in [0.2, 0.25) is 5.91 Å². The smallest absolute Gasteiger partial charge is 0.244 e. The largest absolute Gasteiger partial charge is 0.338 e. The molecule has 1 aliphatic carbocycles. The quantitative estimate of drug-likeness (QED) is 0.849. The van der Waals surface area contributed by atoms with Gasteiger partial charge in [0.05, 0.1) is 11.9 Å². The van der Waals surface area contributed by atoms with E-state index in [4.69, 9.17) is 0 Å². The third kappa shape index (κ3) is 4.30. The highest BCUT2D eigenvalue weighted by molar-refractivity contribution is 5.76. The molecule has 1 aromatic rings. The van der Waals surface area contributed by atoms with Gasteiger partial charge in [0.25, 0.3) is 0 Å². The van der Waals surface area contributed by atoms with E-state index in [2.05, 4.69) is 36.4 Å². The Balaban J connectivity index is 1.87. The minimum absolute atomic E-state index is 0.0462. The van der Waals surface area contributed by atoms with E-state index < -0.39 is 0 Å². The van der Waals surface area contributed by atoms with Crippen LogP contribution in [-0.4, -0.2) is 43.9 Å². The standard InChI is InChI=1S/C14H25N5O/c1-5-19(12-6-7-12)13(20)10-18-9-11(16-17-18)8-15-14(2,3)4/h9,12,15H,5-8,10H2,1-4H3. The lowest BCUT2D eigenvalue weighted by Crippen LogP contribution is -2.35. The lowest BCUT2D eigenvalue weighted by molar-refractivity contribution is -0.132. The van der Waals surface area contributed by atoms with E-state index >= 15 is 0 Å². The molecule has 0 unspecified atom stereocenters. The minimum atomic E-state index is 0.0462. The molecule has 1 aromatic heterocycles. The molecule has 0 atom stereocenters. The molecule has 0 aromatic carbocycles. The number of nitrogens with one attached hydrogen (secondary N) is 1. The average Bonchev–Trinajstić information content (AvgIpc) is 3.07. The molecule has 2 rings (SSSR count). The van der Waals surface area contributed by atoms with Crippen LogP contribution in [0.25, 0.3) is 0 Å². The van der Waals surface area contributed by atoms with Crippen LogP contribution in [0.15, 0.2) is 6.20 Å². The summed E-state index contributed by atoms with van der Waals surface area (Å²) in [5.74, 6) is 0.134. The predicted octanol–water partition coefficient (Wildman–Crippen LogP) is 1.18. The molecule has 1 heterocycles. The summed E-state index contributed by atoms with van der Waals surface area (Å²) in [6.07, 6.45) is 4.12. The third-order valence-electron chi connectivity index (χ3n) is 3.33. The number of amides is 1. The van der Waals surface area contributed by atoms with Crippen molar-refractivity contribution in [1.29, 1.82) is 0 Å². The van der Waals surface area contributed by atoms with Gasteiger partial charge in [-0.3, -0.25) is 4.79 Å². The molecule has 0 saturated heterocycles. The van der Waals surface area contributed by atoms with Gasteiger partial charge in [-0.25, -0.2) is 4.68 Å². The number of rotatable bonds is 6. The number of carbonyl (C=O) groups excluding carboxylic acids is 1. The topological polar surface area (TPSA) is 63.1 Å². The first-order valence-electron chi connectivity index (χ1n) is 7.32. The SMILES string of the molecule is CCN(C(=O)Cn1cc(CNC(C)(C)C)nn1)C1CC1. The maximum absolute atomic E-state index is 12.2. The van der Waals surface area contributed by atoms with Crippen molar-refractivity contribution in [2.45, 2.75) is 65.2 Å². The van der Waals surface area contributed by atoms with Gasteiger partial charge in [0.1, 0.15) is 6.54 Å². The monoisotopic (exact) mass is 279 g/mol. The lowest BCUT2D eigenvalue weighted by atomic mass is 10.1. The molecule has 1 saturated carbocycles. The third-order valence-corrected chi connectivity index (χ3v) is 3.33. The molecule has 6 nitrogen and oxygen atoms in total.